The number of halogens is 2. The zero-order chi connectivity index (χ0) is 19.0. The van der Waals surface area contributed by atoms with Crippen LogP contribution in [0.5, 0.6) is 0 Å². The van der Waals surface area contributed by atoms with Crippen LogP contribution in [0.1, 0.15) is 77.0 Å². The van der Waals surface area contributed by atoms with Gasteiger partial charge in [0.2, 0.25) is 0 Å². The van der Waals surface area contributed by atoms with Crippen molar-refractivity contribution in [2.75, 3.05) is 6.54 Å². The van der Waals surface area contributed by atoms with Crippen molar-refractivity contribution in [2.24, 2.45) is 11.8 Å². The Hall–Kier alpha value is -1.02. The number of benzene rings is 1. The number of aryl methyl sites for hydroxylation is 1. The lowest BCUT2D eigenvalue weighted by molar-refractivity contribution is 0.432. The van der Waals surface area contributed by atoms with Gasteiger partial charge in [-0.1, -0.05) is 65.6 Å². The highest BCUT2D eigenvalue weighted by molar-refractivity contribution is 6.31. The van der Waals surface area contributed by atoms with Gasteiger partial charge in [0.05, 0.1) is 5.02 Å². The molecule has 0 aliphatic rings. The van der Waals surface area contributed by atoms with Gasteiger partial charge < -0.3 is 5.32 Å². The first-order valence-corrected chi connectivity index (χ1v) is 10.2. The first kappa shape index (κ1) is 22.0. The molecule has 0 aromatic heterocycles. The van der Waals surface area contributed by atoms with Crippen molar-refractivity contribution in [1.29, 1.82) is 0 Å². The van der Waals surface area contributed by atoms with Crippen molar-refractivity contribution in [2.45, 2.75) is 73.1 Å². The van der Waals surface area contributed by atoms with Gasteiger partial charge in [-0.25, -0.2) is 4.39 Å². The Morgan fingerprint density at radius 2 is 1.80 bits per heavy atom. The van der Waals surface area contributed by atoms with E-state index in [1.165, 1.54) is 25.7 Å². The summed E-state index contributed by atoms with van der Waals surface area (Å²) >= 11 is 6.17. The molecule has 0 heterocycles. The molecule has 0 aliphatic carbocycles. The van der Waals surface area contributed by atoms with Crippen molar-refractivity contribution < 1.29 is 4.39 Å². The summed E-state index contributed by atoms with van der Waals surface area (Å²) in [5.41, 5.74) is 3.43. The first-order valence-electron chi connectivity index (χ1n) is 9.78. The third-order valence-electron chi connectivity index (χ3n) is 4.71. The van der Waals surface area contributed by atoms with E-state index in [1.54, 1.807) is 6.07 Å². The summed E-state index contributed by atoms with van der Waals surface area (Å²) in [6, 6.07) is 1.78. The molecule has 1 rings (SSSR count). The van der Waals surface area contributed by atoms with E-state index >= 15 is 0 Å². The van der Waals surface area contributed by atoms with Crippen LogP contribution in [0.4, 0.5) is 4.39 Å². The minimum Gasteiger partial charge on any atom is -0.385 e. The molecule has 0 spiro atoms. The molecule has 0 radical (unpaired) electrons. The molecule has 0 aliphatic heterocycles. The van der Waals surface area contributed by atoms with Crippen molar-refractivity contribution in [3.63, 3.8) is 0 Å². The molecule has 0 bridgehead atoms. The molecule has 0 amide bonds. The summed E-state index contributed by atoms with van der Waals surface area (Å²) in [6.45, 7) is 15.8. The predicted octanol–water partition coefficient (Wildman–Crippen LogP) is 7.02. The number of hydrogen-bond donors (Lipinski definition) is 1. The van der Waals surface area contributed by atoms with Gasteiger partial charge in [0.15, 0.2) is 5.82 Å². The second-order valence-electron chi connectivity index (χ2n) is 7.44. The lowest BCUT2D eigenvalue weighted by atomic mass is 9.90. The van der Waals surface area contributed by atoms with E-state index in [4.69, 9.17) is 11.6 Å². The van der Waals surface area contributed by atoms with Gasteiger partial charge in [-0.05, 0) is 54.7 Å². The molecule has 3 heteroatoms. The van der Waals surface area contributed by atoms with E-state index in [9.17, 15) is 4.39 Å². The monoisotopic (exact) mass is 367 g/mol. The maximum Gasteiger partial charge on any atom is 0.151 e. The Morgan fingerprint density at radius 3 is 2.28 bits per heavy atom. The van der Waals surface area contributed by atoms with Crippen molar-refractivity contribution in [3.05, 3.63) is 40.2 Å². The van der Waals surface area contributed by atoms with Crippen LogP contribution in [-0.4, -0.2) is 6.54 Å². The normalized spacial score (nSPS) is 11.4. The first-order chi connectivity index (χ1) is 11.8. The largest absolute Gasteiger partial charge is 0.385 e. The standard InChI is InChI=1S/C22H35ClFN/c1-7-10-17(11-8-2)14-25-16(6)21-19(12-15(4)5)18(9-3)13-20(23)22(21)24/h13,15,17,25H,6-12,14H2,1-5H3. The fourth-order valence-electron chi connectivity index (χ4n) is 3.51. The average molecular weight is 368 g/mol. The molecule has 1 aromatic carbocycles. The smallest absolute Gasteiger partial charge is 0.151 e. The third kappa shape index (κ3) is 6.33. The van der Waals surface area contributed by atoms with Crippen LogP contribution in [0.15, 0.2) is 12.6 Å². The highest BCUT2D eigenvalue weighted by atomic mass is 35.5. The molecule has 0 fully saturated rings. The van der Waals surface area contributed by atoms with Crippen molar-refractivity contribution in [3.8, 4) is 0 Å². The second-order valence-corrected chi connectivity index (χ2v) is 7.85. The number of nitrogens with one attached hydrogen (secondary N) is 1. The SMILES string of the molecule is C=C(NCC(CCC)CCC)c1c(F)c(Cl)cc(CC)c1CC(C)C. The molecule has 0 atom stereocenters. The highest BCUT2D eigenvalue weighted by Crippen LogP contribution is 2.32. The van der Waals surface area contributed by atoms with Gasteiger partial charge in [0.25, 0.3) is 0 Å². The van der Waals surface area contributed by atoms with E-state index < -0.39 is 0 Å². The summed E-state index contributed by atoms with van der Waals surface area (Å²) in [5, 5.41) is 3.60. The average Bonchev–Trinajstić information content (AvgIpc) is 2.55. The zero-order valence-corrected chi connectivity index (χ0v) is 17.4. The van der Waals surface area contributed by atoms with Gasteiger partial charge in [-0.2, -0.15) is 0 Å². The van der Waals surface area contributed by atoms with Crippen LogP contribution in [-0.2, 0) is 12.8 Å². The van der Waals surface area contributed by atoms with Crippen molar-refractivity contribution in [1.82, 2.24) is 5.32 Å². The molecule has 142 valence electrons. The van der Waals surface area contributed by atoms with Crippen LogP contribution in [0.2, 0.25) is 5.02 Å². The van der Waals surface area contributed by atoms with Crippen LogP contribution < -0.4 is 5.32 Å². The summed E-state index contributed by atoms with van der Waals surface area (Å²) in [5.74, 6) is 0.716. The third-order valence-corrected chi connectivity index (χ3v) is 4.99. The highest BCUT2D eigenvalue weighted by Gasteiger charge is 2.20. The van der Waals surface area contributed by atoms with Crippen LogP contribution in [0, 0.1) is 17.7 Å². The Kier molecular flexibility index (Phi) is 9.56. The molecule has 1 aromatic rings. The maximum absolute atomic E-state index is 14.9. The molecule has 1 N–H and O–H groups in total. The molecule has 0 saturated carbocycles. The minimum absolute atomic E-state index is 0.195. The number of rotatable bonds is 11. The maximum atomic E-state index is 14.9. The zero-order valence-electron chi connectivity index (χ0n) is 16.6. The lowest BCUT2D eigenvalue weighted by Gasteiger charge is -2.22. The lowest BCUT2D eigenvalue weighted by Crippen LogP contribution is -2.23. The molecular weight excluding hydrogens is 333 g/mol. The quantitative estimate of drug-likeness (QED) is 0.443. The summed E-state index contributed by atoms with van der Waals surface area (Å²) in [6.07, 6.45) is 6.39. The van der Waals surface area contributed by atoms with E-state index in [2.05, 4.69) is 46.5 Å². The van der Waals surface area contributed by atoms with Crippen molar-refractivity contribution >= 4 is 17.3 Å². The van der Waals surface area contributed by atoms with E-state index in [0.717, 1.165) is 30.5 Å². The Morgan fingerprint density at radius 1 is 1.20 bits per heavy atom. The van der Waals surface area contributed by atoms with Gasteiger partial charge in [0.1, 0.15) is 0 Å². The van der Waals surface area contributed by atoms with Gasteiger partial charge in [-0.15, -0.1) is 0 Å². The Bertz CT molecular complexity index is 560. The molecule has 0 saturated heterocycles. The van der Waals surface area contributed by atoms with Crippen LogP contribution >= 0.6 is 11.6 Å². The predicted molar refractivity (Wildman–Crippen MR) is 110 cm³/mol. The Labute approximate surface area is 159 Å². The molecule has 0 unspecified atom stereocenters. The van der Waals surface area contributed by atoms with Gasteiger partial charge in [-0.3, -0.25) is 0 Å². The number of hydrogen-bond acceptors (Lipinski definition) is 1. The van der Waals surface area contributed by atoms with E-state index in [-0.39, 0.29) is 10.8 Å². The fourth-order valence-corrected chi connectivity index (χ4v) is 3.73. The van der Waals surface area contributed by atoms with Crippen LogP contribution in [0.25, 0.3) is 5.70 Å². The summed E-state index contributed by atoms with van der Waals surface area (Å²) < 4.78 is 14.9. The fraction of sp³-hybridized carbons (Fsp3) is 0.636. The van der Waals surface area contributed by atoms with E-state index in [0.29, 0.717) is 23.1 Å². The summed E-state index contributed by atoms with van der Waals surface area (Å²) in [7, 11) is 0. The molecular formula is C22H35ClFN. The minimum atomic E-state index is -0.338. The van der Waals surface area contributed by atoms with Crippen LogP contribution in [0.3, 0.4) is 0 Å². The topological polar surface area (TPSA) is 12.0 Å². The van der Waals surface area contributed by atoms with Gasteiger partial charge in [0, 0.05) is 17.8 Å². The van der Waals surface area contributed by atoms with E-state index in [1.807, 2.05) is 0 Å². The summed E-state index contributed by atoms with van der Waals surface area (Å²) in [4.78, 5) is 0. The second kappa shape index (κ2) is 10.9. The Balaban J connectivity index is 3.11. The molecule has 1 nitrogen and oxygen atoms in total. The van der Waals surface area contributed by atoms with Gasteiger partial charge >= 0.3 is 0 Å². The molecule has 25 heavy (non-hydrogen) atoms.